The Kier molecular flexibility index (Phi) is 8.58. The Hall–Kier alpha value is -3.47. The Morgan fingerprint density at radius 1 is 1.13 bits per heavy atom. The van der Waals surface area contributed by atoms with Crippen molar-refractivity contribution in [3.8, 4) is 0 Å². The summed E-state index contributed by atoms with van der Waals surface area (Å²) in [6, 6.07) is 8.92. The molecule has 11 heteroatoms. The van der Waals surface area contributed by atoms with Gasteiger partial charge in [0.25, 0.3) is 0 Å². The van der Waals surface area contributed by atoms with Gasteiger partial charge in [0.1, 0.15) is 18.0 Å². The molecule has 2 saturated heterocycles. The van der Waals surface area contributed by atoms with Crippen LogP contribution in [0.5, 0.6) is 0 Å². The Morgan fingerprint density at radius 3 is 2.41 bits per heavy atom. The third-order valence-corrected chi connectivity index (χ3v) is 6.86. The second-order valence-corrected chi connectivity index (χ2v) is 11.5. The molecule has 2 atom stereocenters. The fraction of sp³-hybridized carbons (Fsp3) is 0.571. The molecule has 1 aromatic heterocycles. The summed E-state index contributed by atoms with van der Waals surface area (Å²) in [5, 5.41) is 3.15. The number of cyclic esters (lactones) is 1. The lowest BCUT2D eigenvalue weighted by Crippen LogP contribution is -2.49. The maximum Gasteiger partial charge on any atom is 0.415 e. The number of hydrogen-bond donors (Lipinski definition) is 1. The zero-order valence-electron chi connectivity index (χ0n) is 23.6. The van der Waals surface area contributed by atoms with E-state index < -0.39 is 17.6 Å². The molecular formula is C28H39FN6O4. The first-order valence-electron chi connectivity index (χ1n) is 13.5. The quantitative estimate of drug-likeness (QED) is 0.497. The van der Waals surface area contributed by atoms with Gasteiger partial charge in [-0.3, -0.25) is 9.80 Å². The summed E-state index contributed by atoms with van der Waals surface area (Å²) >= 11 is 0. The minimum atomic E-state index is -0.723. The first-order chi connectivity index (χ1) is 18.4. The summed E-state index contributed by atoms with van der Waals surface area (Å²) in [7, 11) is 0. The average molecular weight is 543 g/mol. The van der Waals surface area contributed by atoms with E-state index in [0.717, 1.165) is 36.8 Å². The lowest BCUT2D eigenvalue weighted by molar-refractivity contribution is 0.0139. The largest absolute Gasteiger partial charge is 0.447 e. The summed E-state index contributed by atoms with van der Waals surface area (Å²) in [5.41, 5.74) is 1.65. The average Bonchev–Trinajstić information content (AvgIpc) is 3.25. The van der Waals surface area contributed by atoms with E-state index in [9.17, 15) is 14.0 Å². The first kappa shape index (κ1) is 28.5. The number of ether oxygens (including phenoxy) is 2. The summed E-state index contributed by atoms with van der Waals surface area (Å²) in [5.74, 6) is -0.316. The van der Waals surface area contributed by atoms with Crippen molar-refractivity contribution in [1.29, 1.82) is 0 Å². The molecular weight excluding hydrogens is 503 g/mol. The highest BCUT2D eigenvalue weighted by molar-refractivity contribution is 5.89. The molecule has 2 fully saturated rings. The SMILES string of the molecule is CC(C)[C@H]1COC(=O)N1c1cc(F)nc(N[C@@H](C)c2ccc(CN3CCN(C(=O)OC(C)(C)C)CC3)cc2)n1. The van der Waals surface area contributed by atoms with Gasteiger partial charge in [0, 0.05) is 38.8 Å². The van der Waals surface area contributed by atoms with E-state index in [2.05, 4.69) is 32.3 Å². The Morgan fingerprint density at radius 2 is 1.79 bits per heavy atom. The molecule has 0 radical (unpaired) electrons. The fourth-order valence-electron chi connectivity index (χ4n) is 4.65. The van der Waals surface area contributed by atoms with Gasteiger partial charge in [-0.05, 0) is 44.7 Å². The van der Waals surface area contributed by atoms with Crippen LogP contribution < -0.4 is 10.2 Å². The Balaban J connectivity index is 1.34. The van der Waals surface area contributed by atoms with Gasteiger partial charge in [-0.15, -0.1) is 0 Å². The van der Waals surface area contributed by atoms with Crippen LogP contribution in [0.25, 0.3) is 0 Å². The predicted molar refractivity (Wildman–Crippen MR) is 146 cm³/mol. The number of hydrogen-bond acceptors (Lipinski definition) is 8. The fourth-order valence-corrected chi connectivity index (χ4v) is 4.65. The molecule has 0 bridgehead atoms. The maximum atomic E-state index is 14.4. The zero-order chi connectivity index (χ0) is 28.3. The van der Waals surface area contributed by atoms with Crippen molar-refractivity contribution >= 4 is 24.0 Å². The van der Waals surface area contributed by atoms with Crippen molar-refractivity contribution in [1.82, 2.24) is 19.8 Å². The number of benzene rings is 1. The zero-order valence-corrected chi connectivity index (χ0v) is 23.6. The van der Waals surface area contributed by atoms with Gasteiger partial charge in [0.2, 0.25) is 11.9 Å². The number of carbonyl (C=O) groups is 2. The lowest BCUT2D eigenvalue weighted by Gasteiger charge is -2.35. The molecule has 0 spiro atoms. The van der Waals surface area contributed by atoms with E-state index in [1.165, 1.54) is 4.90 Å². The number of amides is 2. The van der Waals surface area contributed by atoms with Crippen molar-refractivity contribution in [3.63, 3.8) is 0 Å². The molecule has 3 heterocycles. The number of carbonyl (C=O) groups excluding carboxylic acids is 2. The monoisotopic (exact) mass is 542 g/mol. The van der Waals surface area contributed by atoms with Crippen molar-refractivity contribution in [2.75, 3.05) is 43.0 Å². The van der Waals surface area contributed by atoms with Crippen molar-refractivity contribution in [2.24, 2.45) is 5.92 Å². The van der Waals surface area contributed by atoms with Crippen LogP contribution in [0.3, 0.4) is 0 Å². The normalized spacial score (nSPS) is 19.3. The van der Waals surface area contributed by atoms with Crippen LogP contribution in [0, 0.1) is 11.9 Å². The molecule has 2 aliphatic heterocycles. The van der Waals surface area contributed by atoms with Crippen LogP contribution in [0.15, 0.2) is 30.3 Å². The van der Waals surface area contributed by atoms with Gasteiger partial charge in [-0.2, -0.15) is 14.4 Å². The number of halogens is 1. The molecule has 0 unspecified atom stereocenters. The summed E-state index contributed by atoms with van der Waals surface area (Å²) in [6.07, 6.45) is -0.796. The molecule has 2 aliphatic rings. The van der Waals surface area contributed by atoms with Crippen LogP contribution in [0.1, 0.15) is 58.7 Å². The third kappa shape index (κ3) is 7.35. The van der Waals surface area contributed by atoms with E-state index in [0.29, 0.717) is 13.1 Å². The summed E-state index contributed by atoms with van der Waals surface area (Å²) in [4.78, 5) is 38.4. The van der Waals surface area contributed by atoms with Gasteiger partial charge < -0.3 is 19.7 Å². The second kappa shape index (κ2) is 11.7. The van der Waals surface area contributed by atoms with E-state index in [1.54, 1.807) is 4.90 Å². The van der Waals surface area contributed by atoms with Gasteiger partial charge in [0.15, 0.2) is 0 Å². The van der Waals surface area contributed by atoms with Crippen molar-refractivity contribution < 1.29 is 23.5 Å². The summed E-state index contributed by atoms with van der Waals surface area (Å²) in [6.45, 7) is 15.4. The van der Waals surface area contributed by atoms with Gasteiger partial charge in [-0.25, -0.2) is 9.59 Å². The highest BCUT2D eigenvalue weighted by atomic mass is 19.1. The highest BCUT2D eigenvalue weighted by Gasteiger charge is 2.37. The number of piperazine rings is 1. The van der Waals surface area contributed by atoms with Gasteiger partial charge in [0.05, 0.1) is 12.1 Å². The smallest absolute Gasteiger partial charge is 0.415 e. The topological polar surface area (TPSA) is 100 Å². The van der Waals surface area contributed by atoms with Gasteiger partial charge in [-0.1, -0.05) is 38.1 Å². The van der Waals surface area contributed by atoms with Gasteiger partial charge >= 0.3 is 12.2 Å². The molecule has 10 nitrogen and oxygen atoms in total. The number of rotatable bonds is 7. The van der Waals surface area contributed by atoms with E-state index in [-0.39, 0.29) is 42.5 Å². The molecule has 1 aromatic carbocycles. The van der Waals surface area contributed by atoms with Crippen molar-refractivity contribution in [2.45, 2.75) is 65.8 Å². The third-order valence-electron chi connectivity index (χ3n) is 6.86. The number of aromatic nitrogens is 2. The number of anilines is 2. The van der Waals surface area contributed by atoms with E-state index in [1.807, 2.05) is 53.7 Å². The predicted octanol–water partition coefficient (Wildman–Crippen LogP) is 4.82. The molecule has 2 aromatic rings. The second-order valence-electron chi connectivity index (χ2n) is 11.5. The maximum absolute atomic E-state index is 14.4. The highest BCUT2D eigenvalue weighted by Crippen LogP contribution is 2.27. The van der Waals surface area contributed by atoms with E-state index in [4.69, 9.17) is 9.47 Å². The Labute approximate surface area is 229 Å². The standard InChI is InChI=1S/C28H39FN6O4/c1-18(2)22-17-38-27(37)35(22)24-15-23(29)31-25(32-24)30-19(3)21-9-7-20(8-10-21)16-33-11-13-34(14-12-33)26(36)39-28(4,5)6/h7-10,15,18-19,22H,11-14,16-17H2,1-6H3,(H,30,31,32)/t19-,22+/m0/s1. The summed E-state index contributed by atoms with van der Waals surface area (Å²) < 4.78 is 25.1. The molecule has 0 aliphatic carbocycles. The van der Waals surface area contributed by atoms with Crippen molar-refractivity contribution in [3.05, 3.63) is 47.4 Å². The van der Waals surface area contributed by atoms with Crippen LogP contribution in [0.4, 0.5) is 25.7 Å². The minimum absolute atomic E-state index is 0.103. The molecule has 39 heavy (non-hydrogen) atoms. The Bertz CT molecular complexity index is 1160. The van der Waals surface area contributed by atoms with Crippen LogP contribution in [0.2, 0.25) is 0 Å². The number of nitrogens with zero attached hydrogens (tertiary/aromatic N) is 5. The lowest BCUT2D eigenvalue weighted by atomic mass is 10.0. The van der Waals surface area contributed by atoms with Crippen LogP contribution in [-0.2, 0) is 16.0 Å². The molecule has 0 saturated carbocycles. The molecule has 1 N–H and O–H groups in total. The molecule has 4 rings (SSSR count). The van der Waals surface area contributed by atoms with Crippen LogP contribution in [-0.4, -0.2) is 76.4 Å². The minimum Gasteiger partial charge on any atom is -0.447 e. The number of nitrogens with one attached hydrogen (secondary N) is 1. The van der Waals surface area contributed by atoms with E-state index >= 15 is 0 Å². The molecule has 212 valence electrons. The van der Waals surface area contributed by atoms with Crippen LogP contribution >= 0.6 is 0 Å². The molecule has 2 amide bonds. The first-order valence-corrected chi connectivity index (χ1v) is 13.5.